The van der Waals surface area contributed by atoms with Gasteiger partial charge in [0.15, 0.2) is 11.0 Å². The molecule has 154 valence electrons. The van der Waals surface area contributed by atoms with Gasteiger partial charge in [-0.25, -0.2) is 0 Å². The summed E-state index contributed by atoms with van der Waals surface area (Å²) in [5.74, 6) is 0.223. The quantitative estimate of drug-likeness (QED) is 0.572. The summed E-state index contributed by atoms with van der Waals surface area (Å²) in [5.41, 5.74) is 1.36. The number of thioether (sulfide) groups is 1. The standard InChI is InChI=1S/C21H20ClN5O2S/c1-26-18(14-9-11-23-12-10-14)24-25-21(26)30-17-4-2-3-13-27(20(17)29)19(28)15-5-7-16(22)8-6-15/h5-12,17H,2-4,13H2,1H3/t17-/m1/s1. The van der Waals surface area contributed by atoms with Gasteiger partial charge < -0.3 is 4.57 Å². The molecule has 1 aliphatic heterocycles. The van der Waals surface area contributed by atoms with Gasteiger partial charge in [0.1, 0.15) is 0 Å². The van der Waals surface area contributed by atoms with Crippen LogP contribution in [0.3, 0.4) is 0 Å². The molecule has 0 radical (unpaired) electrons. The Morgan fingerprint density at radius 3 is 2.57 bits per heavy atom. The Morgan fingerprint density at radius 1 is 1.10 bits per heavy atom. The summed E-state index contributed by atoms with van der Waals surface area (Å²) in [7, 11) is 1.87. The summed E-state index contributed by atoms with van der Waals surface area (Å²) in [4.78, 5) is 31.5. The van der Waals surface area contributed by atoms with Gasteiger partial charge in [-0.2, -0.15) is 0 Å². The van der Waals surface area contributed by atoms with E-state index in [1.165, 1.54) is 16.7 Å². The molecule has 1 aliphatic rings. The van der Waals surface area contributed by atoms with Gasteiger partial charge in [0.25, 0.3) is 5.91 Å². The van der Waals surface area contributed by atoms with Crippen molar-refractivity contribution >= 4 is 35.2 Å². The predicted octanol–water partition coefficient (Wildman–Crippen LogP) is 3.84. The van der Waals surface area contributed by atoms with Gasteiger partial charge in [0, 0.05) is 42.1 Å². The lowest BCUT2D eigenvalue weighted by atomic mass is 10.2. The summed E-state index contributed by atoms with van der Waals surface area (Å²) >= 11 is 7.27. The number of likely N-dealkylation sites (tertiary alicyclic amines) is 1. The molecule has 7 nitrogen and oxygen atoms in total. The molecule has 1 fully saturated rings. The van der Waals surface area contributed by atoms with Crippen molar-refractivity contribution < 1.29 is 9.59 Å². The molecule has 2 aromatic heterocycles. The second kappa shape index (κ2) is 8.97. The first-order valence-electron chi connectivity index (χ1n) is 9.62. The zero-order valence-corrected chi connectivity index (χ0v) is 17.9. The largest absolute Gasteiger partial charge is 0.305 e. The van der Waals surface area contributed by atoms with Crippen molar-refractivity contribution in [2.75, 3.05) is 6.54 Å². The Labute approximate surface area is 183 Å². The van der Waals surface area contributed by atoms with Crippen LogP contribution >= 0.6 is 23.4 Å². The van der Waals surface area contributed by atoms with Gasteiger partial charge in [-0.3, -0.25) is 19.5 Å². The van der Waals surface area contributed by atoms with Crippen LogP contribution in [-0.4, -0.2) is 48.3 Å². The molecule has 3 heterocycles. The number of benzene rings is 1. The van der Waals surface area contributed by atoms with Crippen molar-refractivity contribution in [3.63, 3.8) is 0 Å². The third-order valence-corrected chi connectivity index (χ3v) is 6.54. The number of carbonyl (C=O) groups is 2. The van der Waals surface area contributed by atoms with Crippen LogP contribution in [0.4, 0.5) is 0 Å². The lowest BCUT2D eigenvalue weighted by Crippen LogP contribution is -2.41. The highest BCUT2D eigenvalue weighted by molar-refractivity contribution is 8.00. The molecule has 1 saturated heterocycles. The van der Waals surface area contributed by atoms with E-state index in [4.69, 9.17) is 11.6 Å². The van der Waals surface area contributed by atoms with E-state index in [1.54, 1.807) is 36.7 Å². The number of amides is 2. The molecule has 4 rings (SSSR count). The first kappa shape index (κ1) is 20.6. The van der Waals surface area contributed by atoms with Gasteiger partial charge >= 0.3 is 0 Å². The van der Waals surface area contributed by atoms with Crippen LogP contribution < -0.4 is 0 Å². The highest BCUT2D eigenvalue weighted by Crippen LogP contribution is 2.31. The number of rotatable bonds is 4. The van der Waals surface area contributed by atoms with Crippen LogP contribution in [0.5, 0.6) is 0 Å². The van der Waals surface area contributed by atoms with Crippen LogP contribution in [0.2, 0.25) is 5.02 Å². The van der Waals surface area contributed by atoms with Crippen LogP contribution in [0, 0.1) is 0 Å². The van der Waals surface area contributed by atoms with Gasteiger partial charge in [-0.05, 0) is 49.2 Å². The minimum absolute atomic E-state index is 0.189. The number of imide groups is 1. The fraction of sp³-hybridized carbons (Fsp3) is 0.286. The molecular formula is C21H20ClN5O2S. The third-order valence-electron chi connectivity index (χ3n) is 5.00. The van der Waals surface area contributed by atoms with Crippen LogP contribution in [0.15, 0.2) is 53.9 Å². The van der Waals surface area contributed by atoms with Gasteiger partial charge in [0.2, 0.25) is 5.91 Å². The number of nitrogens with zero attached hydrogens (tertiary/aromatic N) is 5. The third kappa shape index (κ3) is 4.24. The van der Waals surface area contributed by atoms with Crippen molar-refractivity contribution in [1.82, 2.24) is 24.6 Å². The summed E-state index contributed by atoms with van der Waals surface area (Å²) in [5, 5.41) is 9.34. The molecule has 9 heteroatoms. The number of hydrogen-bond donors (Lipinski definition) is 0. The topological polar surface area (TPSA) is 81.0 Å². The zero-order valence-electron chi connectivity index (χ0n) is 16.4. The maximum atomic E-state index is 13.2. The van der Waals surface area contributed by atoms with Crippen molar-refractivity contribution in [1.29, 1.82) is 0 Å². The van der Waals surface area contributed by atoms with Crippen molar-refractivity contribution in [3.05, 3.63) is 59.4 Å². The Hall–Kier alpha value is -2.71. The van der Waals surface area contributed by atoms with Gasteiger partial charge in [-0.1, -0.05) is 29.8 Å². The molecule has 0 aliphatic carbocycles. The summed E-state index contributed by atoms with van der Waals surface area (Å²) in [6.45, 7) is 0.415. The number of hydrogen-bond acceptors (Lipinski definition) is 6. The second-order valence-corrected chi connectivity index (χ2v) is 8.61. The molecule has 0 unspecified atom stereocenters. The monoisotopic (exact) mass is 441 g/mol. The van der Waals surface area contributed by atoms with E-state index in [9.17, 15) is 9.59 Å². The molecule has 1 atom stereocenters. The number of halogens is 1. The molecule has 3 aromatic rings. The van der Waals surface area contributed by atoms with E-state index in [0.717, 1.165) is 18.4 Å². The average Bonchev–Trinajstić information content (AvgIpc) is 3.02. The SMILES string of the molecule is Cn1c(S[C@@H]2CCCCN(C(=O)c3ccc(Cl)cc3)C2=O)nnc1-c1ccncc1. The van der Waals surface area contributed by atoms with Crippen LogP contribution in [0.25, 0.3) is 11.4 Å². The molecule has 0 saturated carbocycles. The van der Waals surface area contributed by atoms with Crippen molar-refractivity contribution in [2.24, 2.45) is 7.05 Å². The van der Waals surface area contributed by atoms with E-state index in [2.05, 4.69) is 15.2 Å². The Kier molecular flexibility index (Phi) is 6.15. The lowest BCUT2D eigenvalue weighted by molar-refractivity contribution is -0.127. The first-order chi connectivity index (χ1) is 14.5. The van der Waals surface area contributed by atoms with Crippen molar-refractivity contribution in [2.45, 2.75) is 29.7 Å². The predicted molar refractivity (Wildman–Crippen MR) is 115 cm³/mol. The normalized spacial score (nSPS) is 17.1. The minimum atomic E-state index is -0.392. The fourth-order valence-electron chi connectivity index (χ4n) is 3.36. The van der Waals surface area contributed by atoms with Gasteiger partial charge in [-0.15, -0.1) is 10.2 Å². The molecule has 1 aromatic carbocycles. The molecule has 0 spiro atoms. The molecule has 30 heavy (non-hydrogen) atoms. The van der Waals surface area contributed by atoms with E-state index < -0.39 is 5.25 Å². The minimum Gasteiger partial charge on any atom is -0.305 e. The van der Waals surface area contributed by atoms with E-state index in [0.29, 0.717) is 34.5 Å². The first-order valence-corrected chi connectivity index (χ1v) is 10.9. The van der Waals surface area contributed by atoms with Crippen LogP contribution in [-0.2, 0) is 11.8 Å². The molecule has 2 amide bonds. The average molecular weight is 442 g/mol. The van der Waals surface area contributed by atoms with E-state index in [1.807, 2.05) is 23.7 Å². The smallest absolute Gasteiger partial charge is 0.260 e. The highest BCUT2D eigenvalue weighted by Gasteiger charge is 2.33. The second-order valence-electron chi connectivity index (χ2n) is 7.01. The number of carbonyl (C=O) groups excluding carboxylic acids is 2. The lowest BCUT2D eigenvalue weighted by Gasteiger charge is -2.22. The number of aromatic nitrogens is 4. The molecule has 0 bridgehead atoms. The van der Waals surface area contributed by atoms with Crippen LogP contribution in [0.1, 0.15) is 29.6 Å². The Bertz CT molecular complexity index is 1060. The maximum absolute atomic E-state index is 13.2. The van der Waals surface area contributed by atoms with E-state index >= 15 is 0 Å². The maximum Gasteiger partial charge on any atom is 0.260 e. The fourth-order valence-corrected chi connectivity index (χ4v) is 4.59. The molecular weight excluding hydrogens is 422 g/mol. The summed E-state index contributed by atoms with van der Waals surface area (Å²) < 4.78 is 1.86. The highest BCUT2D eigenvalue weighted by atomic mass is 35.5. The Balaban J connectivity index is 1.54. The summed E-state index contributed by atoms with van der Waals surface area (Å²) in [6, 6.07) is 10.3. The zero-order chi connectivity index (χ0) is 21.1. The van der Waals surface area contributed by atoms with Crippen molar-refractivity contribution in [3.8, 4) is 11.4 Å². The van der Waals surface area contributed by atoms with Gasteiger partial charge in [0.05, 0.1) is 5.25 Å². The van der Waals surface area contributed by atoms with E-state index in [-0.39, 0.29) is 11.8 Å². The Morgan fingerprint density at radius 2 is 1.83 bits per heavy atom. The number of pyridine rings is 1. The summed E-state index contributed by atoms with van der Waals surface area (Å²) in [6.07, 6.45) is 5.73. The molecule has 0 N–H and O–H groups in total.